The predicted octanol–water partition coefficient (Wildman–Crippen LogP) is 6.11. The monoisotopic (exact) mass is 599 g/mol. The second kappa shape index (κ2) is 12.8. The Morgan fingerprint density at radius 3 is 2.37 bits per heavy atom. The van der Waals surface area contributed by atoms with E-state index in [4.69, 9.17) is 21.1 Å². The fraction of sp³-hybridized carbons (Fsp3) is 0.250. The van der Waals surface area contributed by atoms with Gasteiger partial charge in [-0.1, -0.05) is 33.6 Å². The highest BCUT2D eigenvalue weighted by molar-refractivity contribution is 9.10. The number of hydrogen-bond donors (Lipinski definition) is 2. The van der Waals surface area contributed by atoms with Gasteiger partial charge in [-0.05, 0) is 80.4 Å². The first-order chi connectivity index (χ1) is 18.3. The Bertz CT molecular complexity index is 1310. The van der Waals surface area contributed by atoms with Gasteiger partial charge in [0.05, 0.1) is 12.3 Å². The predicted molar refractivity (Wildman–Crippen MR) is 150 cm³/mol. The number of anilines is 2. The van der Waals surface area contributed by atoms with Crippen LogP contribution in [-0.4, -0.2) is 42.3 Å². The van der Waals surface area contributed by atoms with Crippen molar-refractivity contribution >= 4 is 56.6 Å². The van der Waals surface area contributed by atoms with Gasteiger partial charge in [-0.3, -0.25) is 14.4 Å². The third kappa shape index (κ3) is 7.26. The molecule has 4 rings (SSSR count). The molecule has 2 N–H and O–H groups in total. The van der Waals surface area contributed by atoms with Gasteiger partial charge in [0.25, 0.3) is 0 Å². The van der Waals surface area contributed by atoms with Crippen molar-refractivity contribution in [3.05, 3.63) is 76.2 Å². The molecule has 1 fully saturated rings. The second-order valence-electron chi connectivity index (χ2n) is 8.67. The van der Waals surface area contributed by atoms with E-state index in [1.807, 2.05) is 31.2 Å². The van der Waals surface area contributed by atoms with E-state index in [-0.39, 0.29) is 17.5 Å². The molecule has 3 amide bonds. The number of benzene rings is 3. The molecule has 38 heavy (non-hydrogen) atoms. The van der Waals surface area contributed by atoms with Gasteiger partial charge >= 0.3 is 11.8 Å². The van der Waals surface area contributed by atoms with Crippen LogP contribution >= 0.6 is 27.5 Å². The van der Waals surface area contributed by atoms with Crippen molar-refractivity contribution in [1.29, 1.82) is 0 Å². The van der Waals surface area contributed by atoms with Crippen LogP contribution < -0.4 is 20.1 Å². The largest absolute Gasteiger partial charge is 0.494 e. The van der Waals surface area contributed by atoms with E-state index < -0.39 is 11.8 Å². The number of nitrogens with zero attached hydrogens (tertiary/aromatic N) is 1. The number of carbonyl (C=O) groups is 3. The molecule has 8 nitrogen and oxygen atoms in total. The topological polar surface area (TPSA) is 97.0 Å². The molecule has 1 aliphatic rings. The van der Waals surface area contributed by atoms with Crippen LogP contribution in [0.25, 0.3) is 0 Å². The molecule has 0 aromatic heterocycles. The van der Waals surface area contributed by atoms with Crippen molar-refractivity contribution in [2.75, 3.05) is 30.3 Å². The Morgan fingerprint density at radius 1 is 0.974 bits per heavy atom. The molecule has 3 aromatic carbocycles. The third-order valence-corrected chi connectivity index (χ3v) is 6.72. The minimum atomic E-state index is -0.805. The highest BCUT2D eigenvalue weighted by Crippen LogP contribution is 2.33. The maximum atomic E-state index is 12.9. The number of likely N-dealkylation sites (tertiary alicyclic amines) is 1. The molecule has 0 unspecified atom stereocenters. The molecule has 0 saturated carbocycles. The molecule has 198 valence electrons. The first-order valence-electron chi connectivity index (χ1n) is 12.2. The molecule has 1 saturated heterocycles. The number of ether oxygens (including phenoxy) is 2. The van der Waals surface area contributed by atoms with E-state index in [1.165, 1.54) is 11.0 Å². The summed E-state index contributed by atoms with van der Waals surface area (Å²) in [5.41, 5.74) is 0.972. The fourth-order valence-corrected chi connectivity index (χ4v) is 4.63. The third-order valence-electron chi connectivity index (χ3n) is 5.99. The summed E-state index contributed by atoms with van der Waals surface area (Å²) >= 11 is 9.53. The number of piperidine rings is 1. The van der Waals surface area contributed by atoms with Crippen molar-refractivity contribution in [3.63, 3.8) is 0 Å². The summed E-state index contributed by atoms with van der Waals surface area (Å²) < 4.78 is 12.2. The van der Waals surface area contributed by atoms with Crippen LogP contribution in [0.15, 0.2) is 71.2 Å². The lowest BCUT2D eigenvalue weighted by molar-refractivity contribution is -0.144. The van der Waals surface area contributed by atoms with Gasteiger partial charge in [0.2, 0.25) is 5.91 Å². The standard InChI is InChI=1S/C28H27BrClN3O5/c1-2-37-22-7-9-23(10-8-22)38-25-11-6-20(30)17-24(25)32-27(35)28(36)33-14-12-18(13-15-33)26(34)31-21-5-3-4-19(29)16-21/h3-11,16-18H,2,12-15H2,1H3,(H,31,34)(H,32,35). The van der Waals surface area contributed by atoms with Crippen molar-refractivity contribution < 1.29 is 23.9 Å². The lowest BCUT2D eigenvalue weighted by atomic mass is 9.95. The average molecular weight is 601 g/mol. The number of carbonyl (C=O) groups excluding carboxylic acids is 3. The normalized spacial score (nSPS) is 13.5. The maximum Gasteiger partial charge on any atom is 0.314 e. The quantitative estimate of drug-likeness (QED) is 0.319. The van der Waals surface area contributed by atoms with Crippen molar-refractivity contribution in [3.8, 4) is 17.2 Å². The Hall–Kier alpha value is -3.56. The fourth-order valence-electron chi connectivity index (χ4n) is 4.06. The first kappa shape index (κ1) is 27.5. The molecule has 3 aromatic rings. The molecule has 0 aliphatic carbocycles. The minimum absolute atomic E-state index is 0.102. The van der Waals surface area contributed by atoms with Crippen LogP contribution in [0.3, 0.4) is 0 Å². The van der Waals surface area contributed by atoms with E-state index in [0.29, 0.717) is 60.5 Å². The average Bonchev–Trinajstić information content (AvgIpc) is 2.91. The highest BCUT2D eigenvalue weighted by atomic mass is 79.9. The summed E-state index contributed by atoms with van der Waals surface area (Å²) in [6, 6.07) is 19.2. The summed E-state index contributed by atoms with van der Waals surface area (Å²) in [6.45, 7) is 3.05. The van der Waals surface area contributed by atoms with Gasteiger partial charge in [-0.15, -0.1) is 0 Å². The summed E-state index contributed by atoms with van der Waals surface area (Å²) in [7, 11) is 0. The van der Waals surface area contributed by atoms with Gasteiger partial charge in [0.15, 0.2) is 5.75 Å². The maximum absolute atomic E-state index is 12.9. The summed E-state index contributed by atoms with van der Waals surface area (Å²) in [5.74, 6) is -0.255. The van der Waals surface area contributed by atoms with E-state index in [9.17, 15) is 14.4 Å². The Balaban J connectivity index is 1.34. The second-order valence-corrected chi connectivity index (χ2v) is 10.0. The summed E-state index contributed by atoms with van der Waals surface area (Å²) in [4.78, 5) is 39.8. The van der Waals surface area contributed by atoms with Gasteiger partial charge in [0, 0.05) is 34.2 Å². The molecule has 0 radical (unpaired) electrons. The van der Waals surface area contributed by atoms with Gasteiger partial charge < -0.3 is 25.0 Å². The van der Waals surface area contributed by atoms with Crippen molar-refractivity contribution in [1.82, 2.24) is 4.90 Å². The molecule has 0 spiro atoms. The molecule has 0 bridgehead atoms. The number of halogens is 2. The lowest BCUT2D eigenvalue weighted by Gasteiger charge is -2.30. The van der Waals surface area contributed by atoms with Crippen LogP contribution in [0.2, 0.25) is 5.02 Å². The molecular weight excluding hydrogens is 574 g/mol. The van der Waals surface area contributed by atoms with Gasteiger partial charge in [-0.2, -0.15) is 0 Å². The SMILES string of the molecule is CCOc1ccc(Oc2ccc(Cl)cc2NC(=O)C(=O)N2CCC(C(=O)Nc3cccc(Br)c3)CC2)cc1. The van der Waals surface area contributed by atoms with Crippen LogP contribution in [0.5, 0.6) is 17.2 Å². The molecule has 1 heterocycles. The Morgan fingerprint density at radius 2 is 1.68 bits per heavy atom. The lowest BCUT2D eigenvalue weighted by Crippen LogP contribution is -2.45. The van der Waals surface area contributed by atoms with E-state index in [1.54, 1.807) is 36.4 Å². The summed E-state index contributed by atoms with van der Waals surface area (Å²) in [6.07, 6.45) is 0.921. The van der Waals surface area contributed by atoms with E-state index >= 15 is 0 Å². The van der Waals surface area contributed by atoms with E-state index in [0.717, 1.165) is 4.47 Å². The smallest absolute Gasteiger partial charge is 0.314 e. The Kier molecular flexibility index (Phi) is 9.25. The van der Waals surface area contributed by atoms with Crippen molar-refractivity contribution in [2.45, 2.75) is 19.8 Å². The zero-order valence-electron chi connectivity index (χ0n) is 20.7. The number of amides is 3. The molecular formula is C28H27BrClN3O5. The molecule has 10 heteroatoms. The molecule has 1 aliphatic heterocycles. The number of hydrogen-bond acceptors (Lipinski definition) is 5. The zero-order chi connectivity index (χ0) is 27.1. The first-order valence-corrected chi connectivity index (χ1v) is 13.4. The van der Waals surface area contributed by atoms with Crippen LogP contribution in [0, 0.1) is 5.92 Å². The van der Waals surface area contributed by atoms with Crippen LogP contribution in [0.1, 0.15) is 19.8 Å². The summed E-state index contributed by atoms with van der Waals surface area (Å²) in [5, 5.41) is 5.91. The van der Waals surface area contributed by atoms with E-state index in [2.05, 4.69) is 26.6 Å². The van der Waals surface area contributed by atoms with Gasteiger partial charge in [0.1, 0.15) is 11.5 Å². The number of rotatable bonds is 7. The van der Waals surface area contributed by atoms with Crippen LogP contribution in [0.4, 0.5) is 11.4 Å². The van der Waals surface area contributed by atoms with Crippen LogP contribution in [-0.2, 0) is 14.4 Å². The molecule has 0 atom stereocenters. The number of nitrogens with one attached hydrogen (secondary N) is 2. The zero-order valence-corrected chi connectivity index (χ0v) is 23.1. The van der Waals surface area contributed by atoms with Gasteiger partial charge in [-0.25, -0.2) is 0 Å². The van der Waals surface area contributed by atoms with Crippen molar-refractivity contribution in [2.24, 2.45) is 5.92 Å². The highest BCUT2D eigenvalue weighted by Gasteiger charge is 2.30. The minimum Gasteiger partial charge on any atom is -0.494 e. The Labute approximate surface area is 234 Å².